The molecule has 1 aliphatic rings. The number of thiazole rings is 1. The van der Waals surface area contributed by atoms with E-state index in [2.05, 4.69) is 15.6 Å². The summed E-state index contributed by atoms with van der Waals surface area (Å²) in [5.74, 6) is 0.402. The van der Waals surface area contributed by atoms with Gasteiger partial charge < -0.3 is 15.7 Å². The van der Waals surface area contributed by atoms with Crippen LogP contribution in [-0.4, -0.2) is 28.8 Å². The first kappa shape index (κ1) is 14.3. The van der Waals surface area contributed by atoms with E-state index in [-0.39, 0.29) is 12.1 Å². The highest BCUT2D eigenvalue weighted by Gasteiger charge is 2.20. The highest BCUT2D eigenvalue weighted by molar-refractivity contribution is 7.09. The molecule has 3 N–H and O–H groups in total. The number of aliphatic hydroxyl groups is 1. The third-order valence-corrected chi connectivity index (χ3v) is 4.50. The molecule has 0 saturated heterocycles. The summed E-state index contributed by atoms with van der Waals surface area (Å²) in [6, 6.07) is -0.145. The molecule has 0 aliphatic heterocycles. The number of nitrogens with one attached hydrogen (secondary N) is 2. The first-order valence-corrected chi connectivity index (χ1v) is 7.62. The minimum absolute atomic E-state index is 0.145. The fourth-order valence-corrected chi connectivity index (χ4v) is 3.12. The predicted octanol–water partition coefficient (Wildman–Crippen LogP) is 1.80. The lowest BCUT2D eigenvalue weighted by atomic mass is 9.87. The van der Waals surface area contributed by atoms with Crippen LogP contribution < -0.4 is 10.6 Å². The standard InChI is InChI=1S/C13H21N3O2S/c1-9-12(19-8-16-9)7-15-13(18)14-6-10-3-2-4-11(17)5-10/h8,10-11,17H,2-7H2,1H3,(H2,14,15,18). The third kappa shape index (κ3) is 4.47. The fourth-order valence-electron chi connectivity index (χ4n) is 2.40. The molecule has 106 valence electrons. The van der Waals surface area contributed by atoms with Gasteiger partial charge in [0.1, 0.15) is 0 Å². The van der Waals surface area contributed by atoms with E-state index in [4.69, 9.17) is 0 Å². The maximum atomic E-state index is 11.7. The van der Waals surface area contributed by atoms with Crippen LogP contribution in [0.25, 0.3) is 0 Å². The number of urea groups is 1. The summed E-state index contributed by atoms with van der Waals surface area (Å²) in [5.41, 5.74) is 2.76. The quantitative estimate of drug-likeness (QED) is 0.789. The van der Waals surface area contributed by atoms with Gasteiger partial charge in [-0.05, 0) is 32.1 Å². The maximum Gasteiger partial charge on any atom is 0.315 e. The van der Waals surface area contributed by atoms with Crippen molar-refractivity contribution in [2.45, 2.75) is 45.3 Å². The summed E-state index contributed by atoms with van der Waals surface area (Å²) in [5, 5.41) is 15.3. The SMILES string of the molecule is Cc1ncsc1CNC(=O)NCC1CCCC(O)C1. The zero-order valence-corrected chi connectivity index (χ0v) is 12.0. The maximum absolute atomic E-state index is 11.7. The first-order chi connectivity index (χ1) is 9.15. The van der Waals surface area contributed by atoms with E-state index in [0.717, 1.165) is 36.3 Å². The van der Waals surface area contributed by atoms with Gasteiger partial charge in [-0.25, -0.2) is 9.78 Å². The van der Waals surface area contributed by atoms with Crippen molar-refractivity contribution < 1.29 is 9.90 Å². The molecule has 1 saturated carbocycles. The number of carbonyl (C=O) groups is 1. The molecular formula is C13H21N3O2S. The lowest BCUT2D eigenvalue weighted by Crippen LogP contribution is -2.39. The summed E-state index contributed by atoms with van der Waals surface area (Å²) in [4.78, 5) is 16.9. The van der Waals surface area contributed by atoms with Crippen LogP contribution in [0.3, 0.4) is 0 Å². The van der Waals surface area contributed by atoms with Crippen LogP contribution in [0.15, 0.2) is 5.51 Å². The van der Waals surface area contributed by atoms with Crippen LogP contribution in [0, 0.1) is 12.8 Å². The van der Waals surface area contributed by atoms with Crippen LogP contribution in [0.5, 0.6) is 0 Å². The Bertz CT molecular complexity index is 422. The van der Waals surface area contributed by atoms with Crippen molar-refractivity contribution in [3.8, 4) is 0 Å². The van der Waals surface area contributed by atoms with E-state index in [1.54, 1.807) is 16.8 Å². The van der Waals surface area contributed by atoms with Crippen molar-refractivity contribution in [2.24, 2.45) is 5.92 Å². The number of hydrogen-bond donors (Lipinski definition) is 3. The van der Waals surface area contributed by atoms with E-state index in [9.17, 15) is 9.90 Å². The van der Waals surface area contributed by atoms with Crippen molar-refractivity contribution in [2.75, 3.05) is 6.54 Å². The fraction of sp³-hybridized carbons (Fsp3) is 0.692. The molecule has 0 spiro atoms. The molecule has 0 bridgehead atoms. The molecule has 1 aromatic heterocycles. The van der Waals surface area contributed by atoms with E-state index < -0.39 is 0 Å². The molecule has 0 aromatic carbocycles. The summed E-state index contributed by atoms with van der Waals surface area (Å²) in [7, 11) is 0. The molecule has 2 unspecified atom stereocenters. The van der Waals surface area contributed by atoms with Crippen LogP contribution in [0.1, 0.15) is 36.3 Å². The molecule has 1 aromatic rings. The third-order valence-electron chi connectivity index (χ3n) is 3.56. The van der Waals surface area contributed by atoms with Crippen molar-refractivity contribution in [3.05, 3.63) is 16.1 Å². The van der Waals surface area contributed by atoms with Crippen LogP contribution in [-0.2, 0) is 6.54 Å². The minimum atomic E-state index is -0.191. The summed E-state index contributed by atoms with van der Waals surface area (Å²) >= 11 is 1.55. The first-order valence-electron chi connectivity index (χ1n) is 6.74. The Balaban J connectivity index is 1.66. The molecule has 1 heterocycles. The van der Waals surface area contributed by atoms with Gasteiger partial charge in [-0.3, -0.25) is 0 Å². The largest absolute Gasteiger partial charge is 0.393 e. The Kier molecular flexibility index (Phi) is 5.15. The number of aromatic nitrogens is 1. The van der Waals surface area contributed by atoms with Crippen LogP contribution >= 0.6 is 11.3 Å². The van der Waals surface area contributed by atoms with Crippen molar-refractivity contribution in [3.63, 3.8) is 0 Å². The molecule has 2 atom stereocenters. The average molecular weight is 283 g/mol. The second kappa shape index (κ2) is 6.86. The molecule has 1 fully saturated rings. The summed E-state index contributed by atoms with van der Waals surface area (Å²) < 4.78 is 0. The molecule has 5 nitrogen and oxygen atoms in total. The van der Waals surface area contributed by atoms with Gasteiger partial charge in [0.05, 0.1) is 23.9 Å². The van der Waals surface area contributed by atoms with Crippen molar-refractivity contribution >= 4 is 17.4 Å². The number of carbonyl (C=O) groups excluding carboxylic acids is 1. The second-order valence-electron chi connectivity index (χ2n) is 5.11. The lowest BCUT2D eigenvalue weighted by molar-refractivity contribution is 0.101. The van der Waals surface area contributed by atoms with Gasteiger partial charge in [0.25, 0.3) is 0 Å². The minimum Gasteiger partial charge on any atom is -0.393 e. The molecule has 19 heavy (non-hydrogen) atoms. The van der Waals surface area contributed by atoms with Gasteiger partial charge in [0, 0.05) is 11.4 Å². The van der Waals surface area contributed by atoms with E-state index >= 15 is 0 Å². The molecule has 2 amide bonds. The topological polar surface area (TPSA) is 74.2 Å². The van der Waals surface area contributed by atoms with Gasteiger partial charge in [0.15, 0.2) is 0 Å². The van der Waals surface area contributed by atoms with Gasteiger partial charge in [-0.1, -0.05) is 6.42 Å². The Hall–Kier alpha value is -1.14. The normalized spacial score (nSPS) is 23.1. The summed E-state index contributed by atoms with van der Waals surface area (Å²) in [6.07, 6.45) is 3.64. The Morgan fingerprint density at radius 1 is 1.53 bits per heavy atom. The smallest absolute Gasteiger partial charge is 0.315 e. The summed E-state index contributed by atoms with van der Waals surface area (Å²) in [6.45, 7) is 3.11. The number of nitrogens with zero attached hydrogens (tertiary/aromatic N) is 1. The number of amides is 2. The van der Waals surface area contributed by atoms with Crippen molar-refractivity contribution in [1.82, 2.24) is 15.6 Å². The molecule has 6 heteroatoms. The molecule has 2 rings (SSSR count). The van der Waals surface area contributed by atoms with E-state index in [0.29, 0.717) is 19.0 Å². The molecular weight excluding hydrogens is 262 g/mol. The number of rotatable bonds is 4. The van der Waals surface area contributed by atoms with Gasteiger partial charge in [-0.2, -0.15) is 0 Å². The number of aliphatic hydroxyl groups excluding tert-OH is 1. The van der Waals surface area contributed by atoms with E-state index in [1.165, 1.54) is 0 Å². The monoisotopic (exact) mass is 283 g/mol. The number of hydrogen-bond acceptors (Lipinski definition) is 4. The molecule has 0 radical (unpaired) electrons. The average Bonchev–Trinajstić information content (AvgIpc) is 2.80. The van der Waals surface area contributed by atoms with Gasteiger partial charge >= 0.3 is 6.03 Å². The van der Waals surface area contributed by atoms with Gasteiger partial charge in [0.2, 0.25) is 0 Å². The molecule has 1 aliphatic carbocycles. The van der Waals surface area contributed by atoms with Crippen LogP contribution in [0.2, 0.25) is 0 Å². The number of aryl methyl sites for hydroxylation is 1. The zero-order chi connectivity index (χ0) is 13.7. The zero-order valence-electron chi connectivity index (χ0n) is 11.2. The van der Waals surface area contributed by atoms with Crippen LogP contribution in [0.4, 0.5) is 4.79 Å². The van der Waals surface area contributed by atoms with Crippen molar-refractivity contribution in [1.29, 1.82) is 0 Å². The lowest BCUT2D eigenvalue weighted by Gasteiger charge is -2.25. The van der Waals surface area contributed by atoms with Gasteiger partial charge in [-0.15, -0.1) is 11.3 Å². The Morgan fingerprint density at radius 2 is 2.37 bits per heavy atom. The second-order valence-corrected chi connectivity index (χ2v) is 6.05. The Morgan fingerprint density at radius 3 is 3.05 bits per heavy atom. The Labute approximate surface area is 117 Å². The van der Waals surface area contributed by atoms with E-state index in [1.807, 2.05) is 6.92 Å². The predicted molar refractivity (Wildman–Crippen MR) is 75.1 cm³/mol. The highest BCUT2D eigenvalue weighted by Crippen LogP contribution is 2.23. The highest BCUT2D eigenvalue weighted by atomic mass is 32.1.